The third-order valence-corrected chi connectivity index (χ3v) is 8.31. The highest BCUT2D eigenvalue weighted by molar-refractivity contribution is 6.29. The summed E-state index contributed by atoms with van der Waals surface area (Å²) in [6, 6.07) is 21.8. The molecular formula is C34H35N5O4. The lowest BCUT2D eigenvalue weighted by Gasteiger charge is -2.33. The van der Waals surface area contributed by atoms with Gasteiger partial charge in [0.15, 0.2) is 0 Å². The lowest BCUT2D eigenvalue weighted by molar-refractivity contribution is 0.0275. The van der Waals surface area contributed by atoms with E-state index in [0.717, 1.165) is 52.9 Å². The molecule has 2 aliphatic rings. The van der Waals surface area contributed by atoms with Gasteiger partial charge in [0.2, 0.25) is 0 Å². The number of nitrogens with zero attached hydrogens (tertiary/aromatic N) is 2. The second-order valence-electron chi connectivity index (χ2n) is 11.0. The number of rotatable bonds is 13. The predicted molar refractivity (Wildman–Crippen MR) is 166 cm³/mol. The average Bonchev–Trinajstić information content (AvgIpc) is 3.44. The molecule has 9 nitrogen and oxygen atoms in total. The molecule has 4 amide bonds. The van der Waals surface area contributed by atoms with Gasteiger partial charge >= 0.3 is 0 Å². The number of fused-ring (bicyclic) bond motifs is 6. The Bertz CT molecular complexity index is 1620. The van der Waals surface area contributed by atoms with Gasteiger partial charge < -0.3 is 16.4 Å². The molecular weight excluding hydrogens is 542 g/mol. The number of unbranched alkanes of at least 4 members (excludes halogenated alkanes) is 1. The van der Waals surface area contributed by atoms with E-state index in [2.05, 4.69) is 10.6 Å². The molecule has 43 heavy (non-hydrogen) atoms. The van der Waals surface area contributed by atoms with E-state index in [1.807, 2.05) is 60.7 Å². The van der Waals surface area contributed by atoms with Crippen molar-refractivity contribution in [1.29, 1.82) is 0 Å². The quantitative estimate of drug-likeness (QED) is 0.163. The predicted octanol–water partition coefficient (Wildman–Crippen LogP) is 3.91. The first kappa shape index (κ1) is 28.7. The number of carbonyl (C=O) groups is 4. The van der Waals surface area contributed by atoms with Crippen molar-refractivity contribution in [2.24, 2.45) is 5.73 Å². The summed E-state index contributed by atoms with van der Waals surface area (Å²) in [7, 11) is 0. The maximum atomic E-state index is 14.0. The molecule has 0 aliphatic carbocycles. The van der Waals surface area contributed by atoms with Crippen LogP contribution in [0.2, 0.25) is 0 Å². The van der Waals surface area contributed by atoms with E-state index in [0.29, 0.717) is 41.5 Å². The standard InChI is InChI=1S/C34H35N5O4/c35-17-5-6-18-36-19-7-20-37-21-16-28(38-31(40)26-14-12-22-8-1-3-10-24(22)29(26)33(38)42)39-32(41)27-15-13-23-9-2-4-11-25(23)30(27)34(39)43/h1-4,8-15,28,36-37H,5-7,16-21,35H2. The van der Waals surface area contributed by atoms with Gasteiger partial charge in [-0.3, -0.25) is 29.0 Å². The lowest BCUT2D eigenvalue weighted by Crippen LogP contribution is -2.54. The van der Waals surface area contributed by atoms with Crippen molar-refractivity contribution in [2.75, 3.05) is 32.7 Å². The largest absolute Gasteiger partial charge is 0.330 e. The fraction of sp³-hybridized carbons (Fsp3) is 0.294. The highest BCUT2D eigenvalue weighted by atomic mass is 16.2. The SMILES string of the molecule is NCCCCNCCCNCCC(N1C(=O)c2ccc3ccccc3c2C1=O)N1C(=O)c2ccc3ccccc3c2C1=O. The van der Waals surface area contributed by atoms with Crippen molar-refractivity contribution < 1.29 is 19.2 Å². The summed E-state index contributed by atoms with van der Waals surface area (Å²) in [4.78, 5) is 58.0. The zero-order chi connectivity index (χ0) is 29.9. The Labute approximate surface area is 250 Å². The van der Waals surface area contributed by atoms with Gasteiger partial charge in [-0.1, -0.05) is 60.7 Å². The molecule has 0 saturated carbocycles. The summed E-state index contributed by atoms with van der Waals surface area (Å²) in [5, 5.41) is 9.78. The molecule has 0 unspecified atom stereocenters. The average molecular weight is 578 g/mol. The normalized spacial score (nSPS) is 14.6. The van der Waals surface area contributed by atoms with Crippen molar-refractivity contribution >= 4 is 45.2 Å². The molecule has 0 atom stereocenters. The summed E-state index contributed by atoms with van der Waals surface area (Å²) in [6.45, 7) is 3.56. The van der Waals surface area contributed by atoms with Crippen LogP contribution in [0.4, 0.5) is 0 Å². The number of hydrogen-bond acceptors (Lipinski definition) is 7. The lowest BCUT2D eigenvalue weighted by atomic mass is 10.0. The van der Waals surface area contributed by atoms with Crippen LogP contribution in [0.15, 0.2) is 72.8 Å². The molecule has 220 valence electrons. The van der Waals surface area contributed by atoms with Crippen LogP contribution in [-0.2, 0) is 0 Å². The van der Waals surface area contributed by atoms with E-state index in [4.69, 9.17) is 5.73 Å². The third kappa shape index (κ3) is 5.20. The number of hydrogen-bond donors (Lipinski definition) is 3. The molecule has 0 aromatic heterocycles. The third-order valence-electron chi connectivity index (χ3n) is 8.31. The van der Waals surface area contributed by atoms with E-state index in [9.17, 15) is 19.2 Å². The van der Waals surface area contributed by atoms with Crippen LogP contribution in [0.1, 0.15) is 67.1 Å². The second-order valence-corrected chi connectivity index (χ2v) is 11.0. The number of imide groups is 2. The van der Waals surface area contributed by atoms with Crippen LogP contribution >= 0.6 is 0 Å². The van der Waals surface area contributed by atoms with Crippen molar-refractivity contribution in [2.45, 2.75) is 31.8 Å². The van der Waals surface area contributed by atoms with E-state index in [1.165, 1.54) is 0 Å². The minimum Gasteiger partial charge on any atom is -0.330 e. The summed E-state index contributed by atoms with van der Waals surface area (Å²) in [5.41, 5.74) is 6.73. The first-order valence-electron chi connectivity index (χ1n) is 14.9. The van der Waals surface area contributed by atoms with Crippen LogP contribution in [-0.4, -0.2) is 72.3 Å². The van der Waals surface area contributed by atoms with Gasteiger partial charge in [0.25, 0.3) is 23.6 Å². The van der Waals surface area contributed by atoms with E-state index >= 15 is 0 Å². The molecule has 4 aromatic carbocycles. The zero-order valence-electron chi connectivity index (χ0n) is 24.0. The van der Waals surface area contributed by atoms with Crippen LogP contribution in [0, 0.1) is 0 Å². The van der Waals surface area contributed by atoms with Gasteiger partial charge in [0.05, 0.1) is 22.3 Å². The number of benzene rings is 4. The number of nitrogens with two attached hydrogens (primary N) is 1. The van der Waals surface area contributed by atoms with Crippen LogP contribution in [0.5, 0.6) is 0 Å². The molecule has 0 fully saturated rings. The Balaban J connectivity index is 1.27. The molecule has 6 rings (SSSR count). The Morgan fingerprint density at radius 1 is 0.558 bits per heavy atom. The molecule has 0 saturated heterocycles. The minimum atomic E-state index is -1.08. The van der Waals surface area contributed by atoms with E-state index in [-0.39, 0.29) is 17.5 Å². The molecule has 0 radical (unpaired) electrons. The van der Waals surface area contributed by atoms with Gasteiger partial charge in [-0.2, -0.15) is 0 Å². The molecule has 4 N–H and O–H groups in total. The molecule has 2 aliphatic heterocycles. The maximum Gasteiger partial charge on any atom is 0.263 e. The van der Waals surface area contributed by atoms with Crippen molar-refractivity contribution in [3.63, 3.8) is 0 Å². The van der Waals surface area contributed by atoms with Crippen LogP contribution in [0.3, 0.4) is 0 Å². The first-order valence-corrected chi connectivity index (χ1v) is 14.9. The van der Waals surface area contributed by atoms with Crippen molar-refractivity contribution in [3.05, 3.63) is 95.1 Å². The monoisotopic (exact) mass is 577 g/mol. The Morgan fingerprint density at radius 3 is 1.58 bits per heavy atom. The fourth-order valence-corrected chi connectivity index (χ4v) is 6.17. The Kier molecular flexibility index (Phi) is 8.29. The molecule has 9 heteroatoms. The molecule has 0 spiro atoms. The highest BCUT2D eigenvalue weighted by Crippen LogP contribution is 2.37. The van der Waals surface area contributed by atoms with Gasteiger partial charge in [-0.15, -0.1) is 0 Å². The highest BCUT2D eigenvalue weighted by Gasteiger charge is 2.49. The number of amides is 4. The van der Waals surface area contributed by atoms with Gasteiger partial charge in [0, 0.05) is 0 Å². The summed E-state index contributed by atoms with van der Waals surface area (Å²) < 4.78 is 0. The maximum absolute atomic E-state index is 14.0. The molecule has 0 bridgehead atoms. The fourth-order valence-electron chi connectivity index (χ4n) is 6.17. The summed E-state index contributed by atoms with van der Waals surface area (Å²) in [6.07, 6.45) is 2.03. The van der Waals surface area contributed by atoms with Gasteiger partial charge in [-0.05, 0) is 92.1 Å². The minimum absolute atomic E-state index is 0.205. The van der Waals surface area contributed by atoms with Crippen molar-refractivity contribution in [1.82, 2.24) is 20.4 Å². The van der Waals surface area contributed by atoms with Gasteiger partial charge in [-0.25, -0.2) is 0 Å². The number of nitrogens with one attached hydrogen (secondary N) is 2. The second kappa shape index (κ2) is 12.4. The smallest absolute Gasteiger partial charge is 0.263 e. The zero-order valence-corrected chi connectivity index (χ0v) is 24.0. The Morgan fingerprint density at radius 2 is 1.05 bits per heavy atom. The van der Waals surface area contributed by atoms with Gasteiger partial charge in [0.1, 0.15) is 6.17 Å². The molecule has 4 aromatic rings. The topological polar surface area (TPSA) is 125 Å². The van der Waals surface area contributed by atoms with E-state index < -0.39 is 29.8 Å². The van der Waals surface area contributed by atoms with Crippen molar-refractivity contribution in [3.8, 4) is 0 Å². The summed E-state index contributed by atoms with van der Waals surface area (Å²) in [5.74, 6) is -1.99. The van der Waals surface area contributed by atoms with Crippen LogP contribution < -0.4 is 16.4 Å². The van der Waals surface area contributed by atoms with E-state index in [1.54, 1.807) is 12.1 Å². The molecule has 2 heterocycles. The first-order chi connectivity index (χ1) is 21.0. The Hall–Kier alpha value is -4.44. The van der Waals surface area contributed by atoms with Crippen LogP contribution in [0.25, 0.3) is 21.5 Å². The summed E-state index contributed by atoms with van der Waals surface area (Å²) >= 11 is 0. The number of carbonyl (C=O) groups excluding carboxylic acids is 4.